The Labute approximate surface area is 240 Å². The largest absolute Gasteiger partial charge is 0.490 e. The van der Waals surface area contributed by atoms with E-state index in [-0.39, 0.29) is 26.5 Å². The molecule has 2 aliphatic carbocycles. The molecule has 0 bridgehead atoms. The number of unbranched alkanes of at least 4 members (excludes halogenated alkanes) is 1. The minimum absolute atomic E-state index is 0. The summed E-state index contributed by atoms with van der Waals surface area (Å²) in [5.41, 5.74) is 3.71. The molecule has 0 spiro atoms. The van der Waals surface area contributed by atoms with Crippen LogP contribution in [0.15, 0.2) is 36.4 Å². The molecule has 2 aromatic rings. The molecule has 2 aromatic carbocycles. The Morgan fingerprint density at radius 2 is 1.64 bits per heavy atom. The van der Waals surface area contributed by atoms with E-state index in [1.807, 2.05) is 38.1 Å². The highest BCUT2D eigenvalue weighted by molar-refractivity contribution is 5.96. The maximum Gasteiger partial charge on any atom is 0.159 e. The summed E-state index contributed by atoms with van der Waals surface area (Å²) in [6.45, 7) is 16.1. The Hall–Kier alpha value is -2.49. The SMILES string of the molecule is CC.CC(=O)c1ccc(OC2CCCC2)c(-c2cccc(F)c2C2CCC2)c1.CC=O.CCCCC(C)(C)C.[HH].[HH]. The molecule has 0 saturated heterocycles. The Kier molecular flexibility index (Phi) is 15.9. The highest BCUT2D eigenvalue weighted by Crippen LogP contribution is 2.45. The zero-order valence-corrected chi connectivity index (χ0v) is 25.9. The fourth-order valence-electron chi connectivity index (χ4n) is 4.84. The molecule has 222 valence electrons. The van der Waals surface area contributed by atoms with Crippen molar-refractivity contribution in [2.75, 3.05) is 0 Å². The van der Waals surface area contributed by atoms with E-state index in [2.05, 4.69) is 27.7 Å². The van der Waals surface area contributed by atoms with Crippen LogP contribution in [-0.4, -0.2) is 18.2 Å². The second kappa shape index (κ2) is 18.0. The lowest BCUT2D eigenvalue weighted by atomic mass is 9.76. The third-order valence-corrected chi connectivity index (χ3v) is 7.12. The van der Waals surface area contributed by atoms with Crippen LogP contribution in [0, 0.1) is 11.2 Å². The fraction of sp³-hybridized carbons (Fsp3) is 0.600. The number of ether oxygens (including phenoxy) is 1. The van der Waals surface area contributed by atoms with Crippen molar-refractivity contribution in [3.05, 3.63) is 53.3 Å². The molecule has 2 aliphatic rings. The Morgan fingerprint density at radius 1 is 1.03 bits per heavy atom. The highest BCUT2D eigenvalue weighted by Gasteiger charge is 2.27. The number of aldehydes is 1. The number of carbonyl (C=O) groups is 2. The zero-order chi connectivity index (χ0) is 29.4. The van der Waals surface area contributed by atoms with Crippen LogP contribution in [0.5, 0.6) is 5.75 Å². The number of carbonyl (C=O) groups excluding carboxylic acids is 2. The van der Waals surface area contributed by atoms with E-state index < -0.39 is 0 Å². The van der Waals surface area contributed by atoms with E-state index in [0.717, 1.165) is 60.8 Å². The number of hydrogen-bond donors (Lipinski definition) is 0. The van der Waals surface area contributed by atoms with Gasteiger partial charge in [0, 0.05) is 14.0 Å². The van der Waals surface area contributed by atoms with Crippen molar-refractivity contribution < 1.29 is 21.6 Å². The van der Waals surface area contributed by atoms with Crippen LogP contribution < -0.4 is 4.74 Å². The summed E-state index contributed by atoms with van der Waals surface area (Å²) in [5.74, 6) is 0.909. The summed E-state index contributed by atoms with van der Waals surface area (Å²) in [7, 11) is 0. The lowest BCUT2D eigenvalue weighted by Crippen LogP contribution is -2.14. The molecule has 0 aliphatic heterocycles. The molecule has 2 fully saturated rings. The number of halogens is 1. The quantitative estimate of drug-likeness (QED) is 0.257. The summed E-state index contributed by atoms with van der Waals surface area (Å²) in [6, 6.07) is 10.9. The molecule has 0 unspecified atom stereocenters. The van der Waals surface area contributed by atoms with Crippen LogP contribution in [0.4, 0.5) is 4.39 Å². The van der Waals surface area contributed by atoms with Gasteiger partial charge in [-0.2, -0.15) is 0 Å². The molecule has 0 atom stereocenters. The van der Waals surface area contributed by atoms with Crippen LogP contribution >= 0.6 is 0 Å². The van der Waals surface area contributed by atoms with Gasteiger partial charge in [0.2, 0.25) is 0 Å². The molecule has 4 heteroatoms. The third-order valence-electron chi connectivity index (χ3n) is 7.12. The summed E-state index contributed by atoms with van der Waals surface area (Å²) in [5, 5.41) is 0. The van der Waals surface area contributed by atoms with E-state index in [9.17, 15) is 9.18 Å². The van der Waals surface area contributed by atoms with E-state index >= 15 is 0 Å². The summed E-state index contributed by atoms with van der Waals surface area (Å²) >= 11 is 0. The number of rotatable bonds is 7. The van der Waals surface area contributed by atoms with E-state index in [4.69, 9.17) is 9.53 Å². The monoisotopic (exact) mass is 544 g/mol. The predicted octanol–water partition coefficient (Wildman–Crippen LogP) is 11.2. The molecule has 0 aromatic heterocycles. The molecule has 4 rings (SSSR count). The molecule has 39 heavy (non-hydrogen) atoms. The van der Waals surface area contributed by atoms with Crippen molar-refractivity contribution in [3.63, 3.8) is 0 Å². The van der Waals surface area contributed by atoms with Crippen molar-refractivity contribution in [2.24, 2.45) is 5.41 Å². The predicted molar refractivity (Wildman–Crippen MR) is 168 cm³/mol. The summed E-state index contributed by atoms with van der Waals surface area (Å²) in [4.78, 5) is 20.7. The average Bonchev–Trinajstić information content (AvgIpc) is 3.38. The van der Waals surface area contributed by atoms with Gasteiger partial charge in [-0.25, -0.2) is 4.39 Å². The van der Waals surface area contributed by atoms with Gasteiger partial charge in [-0.05, 0) is 106 Å². The van der Waals surface area contributed by atoms with Gasteiger partial charge in [0.05, 0.1) is 6.10 Å². The first-order valence-electron chi connectivity index (χ1n) is 15.1. The molecule has 2 saturated carbocycles. The van der Waals surface area contributed by atoms with Crippen molar-refractivity contribution >= 4 is 12.1 Å². The lowest BCUT2D eigenvalue weighted by Gasteiger charge is -2.29. The van der Waals surface area contributed by atoms with Gasteiger partial charge in [-0.15, -0.1) is 0 Å². The number of hydrogen-bond acceptors (Lipinski definition) is 3. The van der Waals surface area contributed by atoms with Gasteiger partial charge < -0.3 is 9.53 Å². The first kappa shape index (κ1) is 34.5. The number of benzene rings is 2. The third kappa shape index (κ3) is 11.6. The van der Waals surface area contributed by atoms with Crippen molar-refractivity contribution in [2.45, 2.75) is 132 Å². The molecule has 0 heterocycles. The Bertz CT molecular complexity index is 1010. The van der Waals surface area contributed by atoms with E-state index in [1.165, 1.54) is 39.0 Å². The standard InChI is InChI=1S/C23H25FO2.C8H18.C2H4O.C2H6.2H2/c1-15(25)17-12-13-22(26-18-8-2-3-9-18)20(14-17)19-10-5-11-21(24)23(19)16-6-4-7-16;1-5-6-7-8(2,3)4;1-2-3;1-2;;/h5,10-14,16,18H,2-4,6-9H2,1H3;5-7H2,1-4H3;2H,1H3;1-2H3;2*1H. The lowest BCUT2D eigenvalue weighted by molar-refractivity contribution is -0.106. The van der Waals surface area contributed by atoms with Crippen LogP contribution in [0.3, 0.4) is 0 Å². The van der Waals surface area contributed by atoms with Gasteiger partial charge in [-0.1, -0.05) is 72.9 Å². The Morgan fingerprint density at radius 3 is 2.10 bits per heavy atom. The molecule has 3 nitrogen and oxygen atoms in total. The number of Topliss-reactive ketones (excluding diaryl/α,β-unsaturated/α-hetero) is 1. The maximum atomic E-state index is 14.7. The topological polar surface area (TPSA) is 43.4 Å². The van der Waals surface area contributed by atoms with Crippen LogP contribution in [-0.2, 0) is 4.79 Å². The normalized spacial score (nSPS) is 14.9. The van der Waals surface area contributed by atoms with E-state index in [0.29, 0.717) is 11.0 Å². The average molecular weight is 545 g/mol. The molecular weight excluding hydrogens is 487 g/mol. The van der Waals surface area contributed by atoms with Gasteiger partial charge in [0.1, 0.15) is 17.9 Å². The smallest absolute Gasteiger partial charge is 0.159 e. The highest BCUT2D eigenvalue weighted by atomic mass is 19.1. The fourth-order valence-corrected chi connectivity index (χ4v) is 4.84. The molecule has 0 N–H and O–H groups in total. The second-order valence-corrected chi connectivity index (χ2v) is 11.5. The molecular formula is C35H57FO3. The first-order valence-corrected chi connectivity index (χ1v) is 15.1. The summed E-state index contributed by atoms with van der Waals surface area (Å²) in [6.07, 6.45) is 12.8. The first-order chi connectivity index (χ1) is 18.6. The molecule has 0 radical (unpaired) electrons. The zero-order valence-electron chi connectivity index (χ0n) is 25.9. The second-order valence-electron chi connectivity index (χ2n) is 11.5. The number of ketones is 1. The summed E-state index contributed by atoms with van der Waals surface area (Å²) < 4.78 is 21.0. The van der Waals surface area contributed by atoms with Crippen molar-refractivity contribution in [3.8, 4) is 16.9 Å². The van der Waals surface area contributed by atoms with E-state index in [1.54, 1.807) is 19.1 Å². The van der Waals surface area contributed by atoms with Crippen molar-refractivity contribution in [1.29, 1.82) is 0 Å². The van der Waals surface area contributed by atoms with Crippen molar-refractivity contribution in [1.82, 2.24) is 0 Å². The minimum atomic E-state index is -0.146. The molecule has 0 amide bonds. The minimum Gasteiger partial charge on any atom is -0.490 e. The Balaban J connectivity index is 0. The van der Waals surface area contributed by atoms with Crippen LogP contribution in [0.2, 0.25) is 0 Å². The van der Waals surface area contributed by atoms with Gasteiger partial charge >= 0.3 is 0 Å². The maximum absolute atomic E-state index is 14.7. The van der Waals surface area contributed by atoms with Crippen LogP contribution in [0.1, 0.15) is 144 Å². The van der Waals surface area contributed by atoms with Crippen LogP contribution in [0.25, 0.3) is 11.1 Å². The van der Waals surface area contributed by atoms with Gasteiger partial charge in [0.15, 0.2) is 5.78 Å². The van der Waals surface area contributed by atoms with Gasteiger partial charge in [-0.3, -0.25) is 4.79 Å². The van der Waals surface area contributed by atoms with Gasteiger partial charge in [0.25, 0.3) is 0 Å².